The Morgan fingerprint density at radius 2 is 1.86 bits per heavy atom. The lowest BCUT2D eigenvalue weighted by molar-refractivity contribution is -0.00473. The van der Waals surface area contributed by atoms with E-state index in [1.807, 2.05) is 0 Å². The van der Waals surface area contributed by atoms with E-state index in [0.717, 1.165) is 18.4 Å². The molecule has 0 aromatic heterocycles. The Hall–Kier alpha value is -1.08. The number of rotatable bonds is 10. The van der Waals surface area contributed by atoms with Crippen LogP contribution < -0.4 is 0 Å². The zero-order valence-corrected chi connectivity index (χ0v) is 18.8. The van der Waals surface area contributed by atoms with E-state index in [0.29, 0.717) is 11.3 Å². The highest BCUT2D eigenvalue weighted by Gasteiger charge is 2.42. The summed E-state index contributed by atoms with van der Waals surface area (Å²) in [6.45, 7) is 9.77. The van der Waals surface area contributed by atoms with Gasteiger partial charge in [0, 0.05) is 6.61 Å². The average Bonchev–Trinajstić information content (AvgIpc) is 3.22. The van der Waals surface area contributed by atoms with E-state index in [-0.39, 0.29) is 5.60 Å². The van der Waals surface area contributed by atoms with E-state index < -0.39 is 0 Å². The van der Waals surface area contributed by atoms with Crippen molar-refractivity contribution < 1.29 is 4.74 Å². The highest BCUT2D eigenvalue weighted by Crippen LogP contribution is 2.51. The lowest BCUT2D eigenvalue weighted by Crippen LogP contribution is -2.23. The van der Waals surface area contributed by atoms with Crippen LogP contribution in [0.25, 0.3) is 0 Å². The lowest BCUT2D eigenvalue weighted by Gasteiger charge is -2.31. The van der Waals surface area contributed by atoms with Crippen molar-refractivity contribution in [2.24, 2.45) is 23.2 Å². The molecule has 0 bridgehead atoms. The zero-order chi connectivity index (χ0) is 20.0. The molecule has 3 aliphatic rings. The predicted octanol–water partition coefficient (Wildman–Crippen LogP) is 7.80. The highest BCUT2D eigenvalue weighted by molar-refractivity contribution is 5.29. The first-order chi connectivity index (χ1) is 13.4. The second-order valence-electron chi connectivity index (χ2n) is 10.5. The molecule has 0 aromatic rings. The molecular formula is C27H42O. The van der Waals surface area contributed by atoms with Crippen LogP contribution in [0.2, 0.25) is 0 Å². The number of unbranched alkanes of at least 4 members (excludes halogenated alkanes) is 3. The second kappa shape index (κ2) is 9.61. The summed E-state index contributed by atoms with van der Waals surface area (Å²) >= 11 is 0. The Morgan fingerprint density at radius 3 is 2.68 bits per heavy atom. The van der Waals surface area contributed by atoms with Gasteiger partial charge in [0.25, 0.3) is 0 Å². The fourth-order valence-electron chi connectivity index (χ4n) is 5.28. The molecule has 0 spiro atoms. The van der Waals surface area contributed by atoms with E-state index in [9.17, 15) is 0 Å². The largest absolute Gasteiger partial charge is 0.376 e. The van der Waals surface area contributed by atoms with Crippen LogP contribution in [0, 0.1) is 23.2 Å². The van der Waals surface area contributed by atoms with Crippen LogP contribution in [0.15, 0.2) is 48.1 Å². The maximum absolute atomic E-state index is 5.80. The molecule has 0 N–H and O–H groups in total. The maximum Gasteiger partial charge on any atom is 0.0598 e. The molecule has 4 atom stereocenters. The van der Waals surface area contributed by atoms with Gasteiger partial charge in [0.05, 0.1) is 5.60 Å². The van der Waals surface area contributed by atoms with Gasteiger partial charge in [-0.1, -0.05) is 67.9 Å². The van der Waals surface area contributed by atoms with Crippen LogP contribution in [0.4, 0.5) is 0 Å². The van der Waals surface area contributed by atoms with Crippen molar-refractivity contribution >= 4 is 0 Å². The minimum absolute atomic E-state index is 0.00948. The first-order valence-corrected chi connectivity index (χ1v) is 11.7. The first kappa shape index (κ1) is 21.6. The number of allylic oxidation sites excluding steroid dienone is 8. The molecule has 0 saturated heterocycles. The summed E-state index contributed by atoms with van der Waals surface area (Å²) in [7, 11) is 0. The van der Waals surface area contributed by atoms with E-state index in [1.165, 1.54) is 57.8 Å². The molecule has 1 heteroatoms. The molecule has 3 rings (SSSR count). The SMILES string of the molecule is CC(C)(C)OCCCCCCC1=CC(CCC2CCC3(C)C=CC=CC23)C=C1. The molecule has 156 valence electrons. The van der Waals surface area contributed by atoms with Crippen molar-refractivity contribution in [3.8, 4) is 0 Å². The van der Waals surface area contributed by atoms with E-state index in [2.05, 4.69) is 70.2 Å². The van der Waals surface area contributed by atoms with E-state index in [4.69, 9.17) is 4.74 Å². The van der Waals surface area contributed by atoms with Crippen LogP contribution in [-0.4, -0.2) is 12.2 Å². The van der Waals surface area contributed by atoms with Gasteiger partial charge in [-0.2, -0.15) is 0 Å². The van der Waals surface area contributed by atoms with Gasteiger partial charge in [0.1, 0.15) is 0 Å². The molecule has 0 aliphatic heterocycles. The fourth-order valence-corrected chi connectivity index (χ4v) is 5.28. The zero-order valence-electron chi connectivity index (χ0n) is 18.8. The molecule has 28 heavy (non-hydrogen) atoms. The summed E-state index contributed by atoms with van der Waals surface area (Å²) in [6, 6.07) is 0. The Bertz CT molecular complexity index is 615. The van der Waals surface area contributed by atoms with Crippen LogP contribution >= 0.6 is 0 Å². The number of hydrogen-bond acceptors (Lipinski definition) is 1. The minimum Gasteiger partial charge on any atom is -0.376 e. The Balaban J connectivity index is 1.29. The summed E-state index contributed by atoms with van der Waals surface area (Å²) in [5.41, 5.74) is 2.02. The van der Waals surface area contributed by atoms with Crippen molar-refractivity contribution in [3.05, 3.63) is 48.1 Å². The molecule has 1 saturated carbocycles. The van der Waals surface area contributed by atoms with E-state index in [1.54, 1.807) is 5.57 Å². The molecule has 0 aromatic carbocycles. The van der Waals surface area contributed by atoms with Crippen LogP contribution in [0.1, 0.15) is 85.5 Å². The average molecular weight is 383 g/mol. The van der Waals surface area contributed by atoms with Crippen molar-refractivity contribution in [3.63, 3.8) is 0 Å². The van der Waals surface area contributed by atoms with Crippen LogP contribution in [-0.2, 0) is 4.74 Å². The second-order valence-corrected chi connectivity index (χ2v) is 10.5. The Labute approximate surface area is 174 Å². The molecule has 0 heterocycles. The third-order valence-corrected chi connectivity index (χ3v) is 6.98. The standard InChI is InChI=1S/C27H42O/c1-26(2,3)28-20-10-6-5-7-11-22-13-14-23(21-22)15-16-24-17-19-27(4)18-9-8-12-25(24)27/h8-9,12-14,18,21,23-25H,5-7,10-11,15-17,19-20H2,1-4H3. The van der Waals surface area contributed by atoms with Gasteiger partial charge in [0.2, 0.25) is 0 Å². The van der Waals surface area contributed by atoms with Gasteiger partial charge in [-0.05, 0) is 88.9 Å². The molecule has 4 unspecified atom stereocenters. The number of fused-ring (bicyclic) bond motifs is 1. The van der Waals surface area contributed by atoms with Crippen molar-refractivity contribution in [2.45, 2.75) is 91.1 Å². The van der Waals surface area contributed by atoms with Crippen LogP contribution in [0.5, 0.6) is 0 Å². The van der Waals surface area contributed by atoms with Gasteiger partial charge in [0.15, 0.2) is 0 Å². The molecule has 1 fully saturated rings. The molecule has 0 radical (unpaired) electrons. The lowest BCUT2D eigenvalue weighted by atomic mass is 9.73. The normalized spacial score (nSPS) is 31.4. The molecule has 1 nitrogen and oxygen atoms in total. The van der Waals surface area contributed by atoms with Gasteiger partial charge < -0.3 is 4.74 Å². The third kappa shape index (κ3) is 6.21. The maximum atomic E-state index is 5.80. The number of hydrogen-bond donors (Lipinski definition) is 0. The Kier molecular flexibility index (Phi) is 7.42. The summed E-state index contributed by atoms with van der Waals surface area (Å²) in [5.74, 6) is 2.34. The van der Waals surface area contributed by atoms with Gasteiger partial charge in [-0.25, -0.2) is 0 Å². The van der Waals surface area contributed by atoms with Crippen molar-refractivity contribution in [1.82, 2.24) is 0 Å². The molecule has 0 amide bonds. The quantitative estimate of drug-likeness (QED) is 0.350. The summed E-state index contributed by atoms with van der Waals surface area (Å²) in [4.78, 5) is 0. The van der Waals surface area contributed by atoms with Gasteiger partial charge in [-0.15, -0.1) is 0 Å². The van der Waals surface area contributed by atoms with Crippen molar-refractivity contribution in [2.75, 3.05) is 6.61 Å². The molecular weight excluding hydrogens is 340 g/mol. The fraction of sp³-hybridized carbons (Fsp3) is 0.704. The summed E-state index contributed by atoms with van der Waals surface area (Å²) in [6.07, 6.45) is 28.7. The highest BCUT2D eigenvalue weighted by atomic mass is 16.5. The van der Waals surface area contributed by atoms with Crippen LogP contribution in [0.3, 0.4) is 0 Å². The Morgan fingerprint density at radius 1 is 1.04 bits per heavy atom. The smallest absolute Gasteiger partial charge is 0.0598 e. The third-order valence-electron chi connectivity index (χ3n) is 6.98. The van der Waals surface area contributed by atoms with Crippen molar-refractivity contribution in [1.29, 1.82) is 0 Å². The van der Waals surface area contributed by atoms with Gasteiger partial charge >= 0.3 is 0 Å². The summed E-state index contributed by atoms with van der Waals surface area (Å²) in [5, 5.41) is 0. The topological polar surface area (TPSA) is 9.23 Å². The van der Waals surface area contributed by atoms with Gasteiger partial charge in [-0.3, -0.25) is 0 Å². The monoisotopic (exact) mass is 382 g/mol. The minimum atomic E-state index is 0.00948. The molecule has 3 aliphatic carbocycles. The summed E-state index contributed by atoms with van der Waals surface area (Å²) < 4.78 is 5.80. The first-order valence-electron chi connectivity index (χ1n) is 11.7. The predicted molar refractivity (Wildman–Crippen MR) is 121 cm³/mol. The van der Waals surface area contributed by atoms with E-state index >= 15 is 0 Å². The number of ether oxygens (including phenoxy) is 1.